The SMILES string of the molecule is CC(C)c1cc(C(=O)N2CC[C@@H](N3CCCCC3)C2)nc(N)n1. The molecule has 0 radical (unpaired) electrons. The molecule has 2 fully saturated rings. The minimum atomic E-state index is -0.0134. The van der Waals surface area contributed by atoms with Crippen molar-refractivity contribution in [3.05, 3.63) is 17.5 Å². The number of amides is 1. The highest BCUT2D eigenvalue weighted by molar-refractivity contribution is 5.92. The summed E-state index contributed by atoms with van der Waals surface area (Å²) >= 11 is 0. The van der Waals surface area contributed by atoms with Crippen LogP contribution >= 0.6 is 0 Å². The van der Waals surface area contributed by atoms with Gasteiger partial charge in [0, 0.05) is 24.8 Å². The van der Waals surface area contributed by atoms with Crippen LogP contribution < -0.4 is 5.73 Å². The van der Waals surface area contributed by atoms with Crippen LogP contribution in [0.4, 0.5) is 5.95 Å². The molecule has 6 nitrogen and oxygen atoms in total. The summed E-state index contributed by atoms with van der Waals surface area (Å²) in [6.45, 7) is 8.03. The maximum Gasteiger partial charge on any atom is 0.272 e. The quantitative estimate of drug-likeness (QED) is 0.921. The molecule has 3 rings (SSSR count). The second-order valence-corrected chi connectivity index (χ2v) is 6.98. The Morgan fingerprint density at radius 3 is 2.65 bits per heavy atom. The first-order valence-electron chi connectivity index (χ1n) is 8.72. The van der Waals surface area contributed by atoms with Crippen LogP contribution in [0.3, 0.4) is 0 Å². The Balaban J connectivity index is 1.69. The van der Waals surface area contributed by atoms with Crippen molar-refractivity contribution >= 4 is 11.9 Å². The first kappa shape index (κ1) is 16.2. The van der Waals surface area contributed by atoms with E-state index in [2.05, 4.69) is 14.9 Å². The number of piperidine rings is 1. The standard InChI is InChI=1S/C17H27N5O/c1-12(2)14-10-15(20-17(18)19-14)16(23)22-9-6-13(11-22)21-7-4-3-5-8-21/h10,12-13H,3-9,11H2,1-2H3,(H2,18,19,20)/t13-/m1/s1. The zero-order chi connectivity index (χ0) is 16.4. The lowest BCUT2D eigenvalue weighted by Crippen LogP contribution is -2.41. The Bertz CT molecular complexity index is 568. The van der Waals surface area contributed by atoms with Crippen LogP contribution in [-0.2, 0) is 0 Å². The fourth-order valence-corrected chi connectivity index (χ4v) is 3.56. The van der Waals surface area contributed by atoms with Crippen LogP contribution in [0, 0.1) is 0 Å². The van der Waals surface area contributed by atoms with Crippen LogP contribution in [0.2, 0.25) is 0 Å². The smallest absolute Gasteiger partial charge is 0.272 e. The van der Waals surface area contributed by atoms with E-state index >= 15 is 0 Å². The van der Waals surface area contributed by atoms with E-state index in [1.807, 2.05) is 18.7 Å². The van der Waals surface area contributed by atoms with Crippen LogP contribution in [0.15, 0.2) is 6.07 Å². The van der Waals surface area contributed by atoms with Gasteiger partial charge < -0.3 is 10.6 Å². The molecule has 0 aromatic carbocycles. The molecule has 2 aliphatic rings. The number of carbonyl (C=O) groups is 1. The fourth-order valence-electron chi connectivity index (χ4n) is 3.56. The topological polar surface area (TPSA) is 75.4 Å². The van der Waals surface area contributed by atoms with Gasteiger partial charge in [-0.1, -0.05) is 20.3 Å². The van der Waals surface area contributed by atoms with Crippen molar-refractivity contribution in [1.29, 1.82) is 0 Å². The van der Waals surface area contributed by atoms with E-state index < -0.39 is 0 Å². The molecule has 0 spiro atoms. The fraction of sp³-hybridized carbons (Fsp3) is 0.706. The van der Waals surface area contributed by atoms with Gasteiger partial charge in [0.2, 0.25) is 5.95 Å². The normalized spacial score (nSPS) is 22.7. The Morgan fingerprint density at radius 1 is 1.22 bits per heavy atom. The van der Waals surface area contributed by atoms with Crippen molar-refractivity contribution in [1.82, 2.24) is 19.8 Å². The summed E-state index contributed by atoms with van der Waals surface area (Å²) in [5.74, 6) is 0.401. The molecule has 1 atom stereocenters. The molecule has 23 heavy (non-hydrogen) atoms. The highest BCUT2D eigenvalue weighted by atomic mass is 16.2. The van der Waals surface area contributed by atoms with Crippen molar-refractivity contribution in [2.24, 2.45) is 0 Å². The number of hydrogen-bond acceptors (Lipinski definition) is 5. The van der Waals surface area contributed by atoms with Gasteiger partial charge in [-0.25, -0.2) is 9.97 Å². The molecular weight excluding hydrogens is 290 g/mol. The number of likely N-dealkylation sites (tertiary alicyclic amines) is 2. The van der Waals surface area contributed by atoms with E-state index in [4.69, 9.17) is 5.73 Å². The number of anilines is 1. The molecular formula is C17H27N5O. The van der Waals surface area contributed by atoms with Crippen molar-refractivity contribution in [2.45, 2.75) is 51.5 Å². The van der Waals surface area contributed by atoms with Gasteiger partial charge in [-0.2, -0.15) is 0 Å². The lowest BCUT2D eigenvalue weighted by Gasteiger charge is -2.32. The summed E-state index contributed by atoms with van der Waals surface area (Å²) in [5, 5.41) is 0. The Hall–Kier alpha value is -1.69. The average molecular weight is 317 g/mol. The summed E-state index contributed by atoms with van der Waals surface area (Å²) in [6.07, 6.45) is 4.96. The van der Waals surface area contributed by atoms with Crippen molar-refractivity contribution in [3.63, 3.8) is 0 Å². The van der Waals surface area contributed by atoms with Gasteiger partial charge in [0.1, 0.15) is 5.69 Å². The maximum atomic E-state index is 12.8. The molecule has 1 aromatic heterocycles. The van der Waals surface area contributed by atoms with Crippen LogP contribution in [0.5, 0.6) is 0 Å². The van der Waals surface area contributed by atoms with Crippen molar-refractivity contribution in [3.8, 4) is 0 Å². The predicted molar refractivity (Wildman–Crippen MR) is 90.3 cm³/mol. The van der Waals surface area contributed by atoms with E-state index in [1.54, 1.807) is 6.07 Å². The summed E-state index contributed by atoms with van der Waals surface area (Å²) in [7, 11) is 0. The second-order valence-electron chi connectivity index (χ2n) is 6.98. The molecule has 2 saturated heterocycles. The number of rotatable bonds is 3. The summed E-state index contributed by atoms with van der Waals surface area (Å²) in [6, 6.07) is 2.29. The van der Waals surface area contributed by atoms with Crippen LogP contribution in [-0.4, -0.2) is 57.9 Å². The highest BCUT2D eigenvalue weighted by Crippen LogP contribution is 2.22. The Kier molecular flexibility index (Phi) is 4.80. The van der Waals surface area contributed by atoms with E-state index in [9.17, 15) is 4.79 Å². The van der Waals surface area contributed by atoms with Gasteiger partial charge in [-0.3, -0.25) is 9.69 Å². The molecule has 126 valence electrons. The maximum absolute atomic E-state index is 12.8. The molecule has 1 amide bonds. The van der Waals surface area contributed by atoms with Gasteiger partial charge in [0.05, 0.1) is 0 Å². The van der Waals surface area contributed by atoms with Crippen LogP contribution in [0.1, 0.15) is 61.6 Å². The van der Waals surface area contributed by atoms with E-state index in [1.165, 1.54) is 32.4 Å². The van der Waals surface area contributed by atoms with Crippen molar-refractivity contribution < 1.29 is 4.79 Å². The van der Waals surface area contributed by atoms with Gasteiger partial charge in [-0.05, 0) is 44.3 Å². The zero-order valence-electron chi connectivity index (χ0n) is 14.2. The molecule has 3 heterocycles. The lowest BCUT2D eigenvalue weighted by atomic mass is 10.1. The molecule has 0 saturated carbocycles. The van der Waals surface area contributed by atoms with Gasteiger partial charge in [0.15, 0.2) is 0 Å². The number of hydrogen-bond donors (Lipinski definition) is 1. The minimum absolute atomic E-state index is 0.0134. The van der Waals surface area contributed by atoms with Crippen LogP contribution in [0.25, 0.3) is 0 Å². The molecule has 2 aliphatic heterocycles. The van der Waals surface area contributed by atoms with Gasteiger partial charge in [0.25, 0.3) is 5.91 Å². The van der Waals surface area contributed by atoms with Gasteiger partial charge >= 0.3 is 0 Å². The number of aromatic nitrogens is 2. The third-order valence-corrected chi connectivity index (χ3v) is 4.93. The largest absolute Gasteiger partial charge is 0.368 e. The monoisotopic (exact) mass is 317 g/mol. The minimum Gasteiger partial charge on any atom is -0.368 e. The Morgan fingerprint density at radius 2 is 1.96 bits per heavy atom. The molecule has 2 N–H and O–H groups in total. The number of nitrogen functional groups attached to an aromatic ring is 1. The summed E-state index contributed by atoms with van der Waals surface area (Å²) in [4.78, 5) is 25.6. The average Bonchev–Trinajstić information content (AvgIpc) is 3.04. The number of nitrogens with zero attached hydrogens (tertiary/aromatic N) is 4. The highest BCUT2D eigenvalue weighted by Gasteiger charge is 2.32. The zero-order valence-corrected chi connectivity index (χ0v) is 14.2. The third kappa shape index (κ3) is 3.63. The molecule has 0 bridgehead atoms. The lowest BCUT2D eigenvalue weighted by molar-refractivity contribution is 0.0765. The molecule has 0 aliphatic carbocycles. The third-order valence-electron chi connectivity index (χ3n) is 4.93. The van der Waals surface area contributed by atoms with E-state index in [0.29, 0.717) is 11.7 Å². The first-order chi connectivity index (χ1) is 11.0. The molecule has 0 unspecified atom stereocenters. The van der Waals surface area contributed by atoms with Gasteiger partial charge in [-0.15, -0.1) is 0 Å². The predicted octanol–water partition coefficient (Wildman–Crippen LogP) is 1.88. The second kappa shape index (κ2) is 6.83. The number of nitrogens with two attached hydrogens (primary N) is 1. The molecule has 6 heteroatoms. The van der Waals surface area contributed by atoms with E-state index in [0.717, 1.165) is 25.2 Å². The van der Waals surface area contributed by atoms with E-state index in [-0.39, 0.29) is 17.8 Å². The Labute approximate surface area is 138 Å². The first-order valence-corrected chi connectivity index (χ1v) is 8.72. The van der Waals surface area contributed by atoms with Crippen molar-refractivity contribution in [2.75, 3.05) is 31.9 Å². The molecule has 1 aromatic rings. The number of carbonyl (C=O) groups excluding carboxylic acids is 1. The summed E-state index contributed by atoms with van der Waals surface area (Å²) < 4.78 is 0. The summed E-state index contributed by atoms with van der Waals surface area (Å²) in [5.41, 5.74) is 7.03.